The molecule has 0 aromatic heterocycles. The second kappa shape index (κ2) is 6.76. The van der Waals surface area contributed by atoms with Crippen LogP contribution in [-0.4, -0.2) is 15.3 Å². The maximum Gasteiger partial charge on any atom is 0.119 e. The minimum atomic E-state index is 0. The Bertz CT molecular complexity index is 527. The number of aromatic hydroxyl groups is 3. The van der Waals surface area contributed by atoms with E-state index in [1.165, 1.54) is 6.07 Å². The average molecular weight is 368 g/mol. The molecule has 0 aliphatic rings. The van der Waals surface area contributed by atoms with Gasteiger partial charge in [-0.2, -0.15) is 12.1 Å². The van der Waals surface area contributed by atoms with E-state index in [2.05, 4.69) is 6.07 Å². The summed E-state index contributed by atoms with van der Waals surface area (Å²) in [7, 11) is 0. The third-order valence-electron chi connectivity index (χ3n) is 2.21. The van der Waals surface area contributed by atoms with Gasteiger partial charge in [0.2, 0.25) is 0 Å². The van der Waals surface area contributed by atoms with Crippen LogP contribution in [0.3, 0.4) is 0 Å². The van der Waals surface area contributed by atoms with Crippen LogP contribution in [0.1, 0.15) is 11.1 Å². The fourth-order valence-corrected chi connectivity index (χ4v) is 1.44. The standard InChI is InChI=1S/C14H11O3.Pr/c15-12-5-3-10(4-6-12)1-2-11-7-13(16)9-14(17)8-11;/h1-5,7-9,15-17H;/q-1;/b2-1+;. The summed E-state index contributed by atoms with van der Waals surface area (Å²) in [6, 6.07) is 11.9. The Morgan fingerprint density at radius 3 is 2.00 bits per heavy atom. The van der Waals surface area contributed by atoms with Gasteiger partial charge >= 0.3 is 0 Å². The van der Waals surface area contributed by atoms with Crippen LogP contribution in [0.5, 0.6) is 17.2 Å². The molecule has 0 saturated carbocycles. The van der Waals surface area contributed by atoms with Gasteiger partial charge in [0, 0.05) is 53.1 Å². The van der Waals surface area contributed by atoms with E-state index in [0.717, 1.165) is 5.56 Å². The Balaban J connectivity index is 0.00000162. The van der Waals surface area contributed by atoms with Crippen molar-refractivity contribution in [1.82, 2.24) is 0 Å². The Hall–Kier alpha value is -1.06. The van der Waals surface area contributed by atoms with E-state index in [1.54, 1.807) is 42.5 Å². The van der Waals surface area contributed by atoms with Crippen molar-refractivity contribution in [2.75, 3.05) is 0 Å². The number of phenols is 3. The maximum absolute atomic E-state index is 9.29. The molecule has 0 amide bonds. The fraction of sp³-hybridized carbons (Fsp3) is 0. The second-order valence-corrected chi connectivity index (χ2v) is 3.62. The fourth-order valence-electron chi connectivity index (χ4n) is 1.44. The number of hydrogen-bond acceptors (Lipinski definition) is 3. The second-order valence-electron chi connectivity index (χ2n) is 3.62. The first-order chi connectivity index (χ1) is 8.13. The summed E-state index contributed by atoms with van der Waals surface area (Å²) in [5.74, 6) is 0.126. The van der Waals surface area contributed by atoms with E-state index in [0.29, 0.717) is 5.56 Å². The van der Waals surface area contributed by atoms with Crippen LogP contribution in [0.25, 0.3) is 12.2 Å². The van der Waals surface area contributed by atoms with Crippen LogP contribution in [0.15, 0.2) is 36.4 Å². The Morgan fingerprint density at radius 1 is 0.833 bits per heavy atom. The van der Waals surface area contributed by atoms with Crippen molar-refractivity contribution in [3.8, 4) is 17.2 Å². The van der Waals surface area contributed by atoms with Crippen LogP contribution >= 0.6 is 0 Å². The van der Waals surface area contributed by atoms with Crippen LogP contribution in [0, 0.1) is 47.4 Å². The number of hydrogen-bond donors (Lipinski definition) is 3. The molecule has 0 aliphatic heterocycles. The van der Waals surface area contributed by atoms with Gasteiger partial charge in [0.1, 0.15) is 11.5 Å². The molecule has 0 spiro atoms. The topological polar surface area (TPSA) is 60.7 Å². The normalized spacial score (nSPS) is 10.2. The number of benzene rings is 2. The smallest absolute Gasteiger partial charge is 0.119 e. The molecular formula is C14H11O3Pr-. The molecule has 2 aromatic rings. The zero-order valence-electron chi connectivity index (χ0n) is 9.54. The van der Waals surface area contributed by atoms with Gasteiger partial charge in [-0.05, 0) is 17.7 Å². The first-order valence-electron chi connectivity index (χ1n) is 5.05. The van der Waals surface area contributed by atoms with Crippen LogP contribution < -0.4 is 0 Å². The van der Waals surface area contributed by atoms with Crippen LogP contribution in [0.4, 0.5) is 0 Å². The zero-order valence-corrected chi connectivity index (χ0v) is 13.2. The SMILES string of the molecule is Oc1[c-]cc(/C=C/c2cc(O)cc(O)c2)cc1.[Pr]. The predicted octanol–water partition coefficient (Wildman–Crippen LogP) is 2.77. The molecule has 2 aromatic carbocycles. The maximum atomic E-state index is 9.29. The van der Waals surface area contributed by atoms with Crippen molar-refractivity contribution in [1.29, 1.82) is 0 Å². The summed E-state index contributed by atoms with van der Waals surface area (Å²) in [6.45, 7) is 0. The summed E-state index contributed by atoms with van der Waals surface area (Å²) < 4.78 is 0. The van der Waals surface area contributed by atoms with Crippen molar-refractivity contribution in [2.45, 2.75) is 0 Å². The van der Waals surface area contributed by atoms with E-state index >= 15 is 0 Å². The van der Waals surface area contributed by atoms with E-state index in [1.807, 2.05) is 0 Å². The van der Waals surface area contributed by atoms with Gasteiger partial charge < -0.3 is 15.3 Å². The summed E-state index contributed by atoms with van der Waals surface area (Å²) in [6.07, 6.45) is 3.55. The summed E-state index contributed by atoms with van der Waals surface area (Å²) >= 11 is 0. The minimum absolute atomic E-state index is 0. The van der Waals surface area contributed by atoms with Gasteiger partial charge in [0.15, 0.2) is 0 Å². The Kier molecular flexibility index (Phi) is 5.64. The van der Waals surface area contributed by atoms with Crippen molar-refractivity contribution < 1.29 is 56.6 Å². The molecule has 0 aliphatic carbocycles. The van der Waals surface area contributed by atoms with Crippen molar-refractivity contribution in [2.24, 2.45) is 0 Å². The summed E-state index contributed by atoms with van der Waals surface area (Å²) in [4.78, 5) is 0. The van der Waals surface area contributed by atoms with Crippen molar-refractivity contribution in [3.05, 3.63) is 53.6 Å². The molecule has 4 heteroatoms. The molecule has 1 radical (unpaired) electrons. The molecule has 0 atom stereocenters. The van der Waals surface area contributed by atoms with E-state index in [9.17, 15) is 10.2 Å². The number of phenolic OH excluding ortho intramolecular Hbond substituents is 3. The van der Waals surface area contributed by atoms with Crippen molar-refractivity contribution in [3.63, 3.8) is 0 Å². The summed E-state index contributed by atoms with van der Waals surface area (Å²) in [5.41, 5.74) is 1.56. The van der Waals surface area contributed by atoms with Crippen molar-refractivity contribution >= 4 is 12.2 Å². The monoisotopic (exact) mass is 368 g/mol. The molecule has 0 fully saturated rings. The third-order valence-corrected chi connectivity index (χ3v) is 2.21. The van der Waals surface area contributed by atoms with E-state index < -0.39 is 0 Å². The van der Waals surface area contributed by atoms with Gasteiger partial charge in [0.25, 0.3) is 0 Å². The van der Waals surface area contributed by atoms with Gasteiger partial charge in [-0.15, -0.1) is 23.8 Å². The summed E-state index contributed by atoms with van der Waals surface area (Å²) in [5, 5.41) is 27.7. The largest absolute Gasteiger partial charge is 0.534 e. The molecule has 18 heavy (non-hydrogen) atoms. The van der Waals surface area contributed by atoms with Gasteiger partial charge in [0.05, 0.1) is 0 Å². The molecule has 89 valence electrons. The molecule has 3 N–H and O–H groups in total. The third kappa shape index (κ3) is 4.32. The Morgan fingerprint density at radius 2 is 1.44 bits per heavy atom. The number of rotatable bonds is 2. The minimum Gasteiger partial charge on any atom is -0.534 e. The van der Waals surface area contributed by atoms with Gasteiger partial charge in [-0.1, -0.05) is 6.08 Å². The molecule has 0 saturated heterocycles. The molecule has 0 unspecified atom stereocenters. The molecule has 2 rings (SSSR count). The van der Waals surface area contributed by atoms with Gasteiger partial charge in [-0.3, -0.25) is 0 Å². The van der Waals surface area contributed by atoms with Crippen LogP contribution in [-0.2, 0) is 0 Å². The van der Waals surface area contributed by atoms with Crippen LogP contribution in [0.2, 0.25) is 0 Å². The van der Waals surface area contributed by atoms with E-state index in [4.69, 9.17) is 5.11 Å². The Labute approximate surface area is 138 Å². The molecule has 0 heterocycles. The average Bonchev–Trinajstić information content (AvgIpc) is 2.27. The van der Waals surface area contributed by atoms with E-state index in [-0.39, 0.29) is 58.5 Å². The quantitative estimate of drug-likeness (QED) is 0.565. The first kappa shape index (κ1) is 15.0. The molecule has 3 nitrogen and oxygen atoms in total. The van der Waals surface area contributed by atoms with Gasteiger partial charge in [-0.25, -0.2) is 0 Å². The first-order valence-corrected chi connectivity index (χ1v) is 5.05. The zero-order chi connectivity index (χ0) is 12.3. The molecular weight excluding hydrogens is 357 g/mol. The molecule has 0 bridgehead atoms. The predicted molar refractivity (Wildman–Crippen MR) is 65.6 cm³/mol.